The van der Waals surface area contributed by atoms with E-state index in [1.807, 2.05) is 18.2 Å². The summed E-state index contributed by atoms with van der Waals surface area (Å²) in [4.78, 5) is 13.8. The number of nitrogens with two attached hydrogens (primary N) is 1. The molecule has 5 nitrogen and oxygen atoms in total. The van der Waals surface area contributed by atoms with E-state index in [0.29, 0.717) is 6.54 Å². The molecule has 2 aromatic rings. The molecule has 0 unspecified atom stereocenters. The average Bonchev–Trinajstić information content (AvgIpc) is 3.06. The number of carbonyl (C=O) groups is 1. The van der Waals surface area contributed by atoms with Gasteiger partial charge in [-0.25, -0.2) is 5.84 Å². The lowest BCUT2D eigenvalue weighted by Gasteiger charge is -2.18. The normalized spacial score (nSPS) is 13.4. The summed E-state index contributed by atoms with van der Waals surface area (Å²) in [6, 6.07) is 10.1. The molecule has 3 rings (SSSR count). The second kappa shape index (κ2) is 4.78. The lowest BCUT2D eigenvalue weighted by atomic mass is 10.2. The smallest absolute Gasteiger partial charge is 0.301 e. The van der Waals surface area contributed by atoms with Crippen molar-refractivity contribution in [1.82, 2.24) is 5.43 Å². The summed E-state index contributed by atoms with van der Waals surface area (Å²) < 4.78 is 5.20. The molecule has 1 aliphatic heterocycles. The van der Waals surface area contributed by atoms with Crippen molar-refractivity contribution in [3.8, 4) is 0 Å². The van der Waals surface area contributed by atoms with Crippen LogP contribution in [0.15, 0.2) is 41.0 Å². The van der Waals surface area contributed by atoms with E-state index in [1.165, 1.54) is 17.5 Å². The van der Waals surface area contributed by atoms with E-state index >= 15 is 0 Å². The van der Waals surface area contributed by atoms with Crippen molar-refractivity contribution < 1.29 is 9.21 Å². The second-order valence-electron chi connectivity index (χ2n) is 4.55. The quantitative estimate of drug-likeness (QED) is 0.496. The molecule has 0 fully saturated rings. The van der Waals surface area contributed by atoms with Crippen LogP contribution in [0.25, 0.3) is 0 Å². The van der Waals surface area contributed by atoms with E-state index in [4.69, 9.17) is 10.3 Å². The van der Waals surface area contributed by atoms with Crippen LogP contribution in [0.4, 0.5) is 5.69 Å². The Kier molecular flexibility index (Phi) is 2.97. The number of hydrogen-bond acceptors (Lipinski definition) is 4. The van der Waals surface area contributed by atoms with Crippen molar-refractivity contribution in [1.29, 1.82) is 0 Å². The van der Waals surface area contributed by atoms with E-state index < -0.39 is 5.91 Å². The van der Waals surface area contributed by atoms with Crippen molar-refractivity contribution >= 4 is 11.6 Å². The molecule has 1 aliphatic rings. The largest absolute Gasteiger partial charge is 0.459 e. The molecule has 5 heteroatoms. The molecule has 19 heavy (non-hydrogen) atoms. The fourth-order valence-electron chi connectivity index (χ4n) is 2.50. The van der Waals surface area contributed by atoms with Crippen LogP contribution in [0.3, 0.4) is 0 Å². The maximum absolute atomic E-state index is 11.6. The van der Waals surface area contributed by atoms with Crippen molar-refractivity contribution in [3.05, 3.63) is 53.5 Å². The van der Waals surface area contributed by atoms with Gasteiger partial charge >= 0.3 is 5.91 Å². The molecule has 3 N–H and O–H groups in total. The van der Waals surface area contributed by atoms with Crippen molar-refractivity contribution in [3.63, 3.8) is 0 Å². The summed E-state index contributed by atoms with van der Waals surface area (Å²) in [5.74, 6) is 5.03. The first-order valence-electron chi connectivity index (χ1n) is 6.20. The fraction of sp³-hybridized carbons (Fsp3) is 0.214. The van der Waals surface area contributed by atoms with E-state index in [9.17, 15) is 4.79 Å². The van der Waals surface area contributed by atoms with Crippen LogP contribution in [-0.4, -0.2) is 12.5 Å². The molecule has 1 aromatic carbocycles. The summed E-state index contributed by atoms with van der Waals surface area (Å²) in [5.41, 5.74) is 5.52. The Morgan fingerprint density at radius 3 is 3.05 bits per heavy atom. The molecule has 0 saturated heterocycles. The van der Waals surface area contributed by atoms with Gasteiger partial charge in [0.05, 0.1) is 6.26 Å². The van der Waals surface area contributed by atoms with Gasteiger partial charge in [0, 0.05) is 24.3 Å². The summed E-state index contributed by atoms with van der Waals surface area (Å²) in [7, 11) is 0. The van der Waals surface area contributed by atoms with E-state index in [2.05, 4.69) is 22.5 Å². The zero-order valence-electron chi connectivity index (χ0n) is 10.4. The van der Waals surface area contributed by atoms with Gasteiger partial charge in [0.25, 0.3) is 0 Å². The minimum Gasteiger partial charge on any atom is -0.459 e. The summed E-state index contributed by atoms with van der Waals surface area (Å²) >= 11 is 0. The standard InChI is InChI=1S/C14H15N3O2/c15-16-14(18)13-11(6-8-19-13)9-17-7-5-10-3-1-2-4-12(10)17/h1-4,6,8H,5,7,9,15H2,(H,16,18). The highest BCUT2D eigenvalue weighted by atomic mass is 16.3. The number of anilines is 1. The number of fused-ring (bicyclic) bond motifs is 1. The van der Waals surface area contributed by atoms with E-state index in [0.717, 1.165) is 18.5 Å². The number of hydrazine groups is 1. The third kappa shape index (κ3) is 2.08. The third-order valence-corrected chi connectivity index (χ3v) is 3.43. The predicted molar refractivity (Wildman–Crippen MR) is 71.6 cm³/mol. The molecule has 98 valence electrons. The predicted octanol–water partition coefficient (Wildman–Crippen LogP) is 1.45. The Morgan fingerprint density at radius 2 is 2.21 bits per heavy atom. The maximum atomic E-state index is 11.6. The molecule has 2 heterocycles. The summed E-state index contributed by atoms with van der Waals surface area (Å²) in [6.45, 7) is 1.60. The van der Waals surface area contributed by atoms with Crippen LogP contribution in [0, 0.1) is 0 Å². The molecule has 1 aromatic heterocycles. The monoisotopic (exact) mass is 257 g/mol. The van der Waals surface area contributed by atoms with Gasteiger partial charge in [0.15, 0.2) is 5.76 Å². The van der Waals surface area contributed by atoms with Gasteiger partial charge in [-0.15, -0.1) is 0 Å². The van der Waals surface area contributed by atoms with Gasteiger partial charge in [0.2, 0.25) is 0 Å². The molecule has 0 aliphatic carbocycles. The Hall–Kier alpha value is -2.27. The number of rotatable bonds is 3. The molecule has 0 saturated carbocycles. The number of nitrogen functional groups attached to an aromatic ring is 1. The van der Waals surface area contributed by atoms with Crippen LogP contribution < -0.4 is 16.2 Å². The topological polar surface area (TPSA) is 71.5 Å². The molecular weight excluding hydrogens is 242 g/mol. The number of benzene rings is 1. The van der Waals surface area contributed by atoms with Gasteiger partial charge < -0.3 is 9.32 Å². The lowest BCUT2D eigenvalue weighted by molar-refractivity contribution is 0.0924. The maximum Gasteiger partial charge on any atom is 0.301 e. The highest BCUT2D eigenvalue weighted by molar-refractivity contribution is 5.92. The van der Waals surface area contributed by atoms with E-state index in [1.54, 1.807) is 0 Å². The van der Waals surface area contributed by atoms with Crippen LogP contribution in [-0.2, 0) is 13.0 Å². The number of nitrogens with zero attached hydrogens (tertiary/aromatic N) is 1. The van der Waals surface area contributed by atoms with Gasteiger partial charge in [0.1, 0.15) is 0 Å². The first kappa shape index (κ1) is 11.8. The van der Waals surface area contributed by atoms with Crippen LogP contribution >= 0.6 is 0 Å². The highest BCUT2D eigenvalue weighted by Gasteiger charge is 2.22. The van der Waals surface area contributed by atoms with Crippen LogP contribution in [0.5, 0.6) is 0 Å². The first-order chi connectivity index (χ1) is 9.29. The van der Waals surface area contributed by atoms with Gasteiger partial charge in [-0.1, -0.05) is 18.2 Å². The Morgan fingerprint density at radius 1 is 1.37 bits per heavy atom. The Labute approximate surface area is 111 Å². The van der Waals surface area contributed by atoms with E-state index in [-0.39, 0.29) is 5.76 Å². The average molecular weight is 257 g/mol. The van der Waals surface area contributed by atoms with Crippen molar-refractivity contribution in [2.75, 3.05) is 11.4 Å². The molecule has 0 bridgehead atoms. The Balaban J connectivity index is 1.84. The SMILES string of the molecule is NNC(=O)c1occc1CN1CCc2ccccc21. The van der Waals surface area contributed by atoms with Gasteiger partial charge in [-0.05, 0) is 24.1 Å². The molecular formula is C14H15N3O2. The van der Waals surface area contributed by atoms with Crippen molar-refractivity contribution in [2.45, 2.75) is 13.0 Å². The number of furan rings is 1. The second-order valence-corrected chi connectivity index (χ2v) is 4.55. The lowest BCUT2D eigenvalue weighted by Crippen LogP contribution is -2.31. The third-order valence-electron chi connectivity index (χ3n) is 3.43. The number of carbonyl (C=O) groups excluding carboxylic acids is 1. The zero-order chi connectivity index (χ0) is 13.2. The minimum atomic E-state index is -0.396. The number of hydrogen-bond donors (Lipinski definition) is 2. The molecule has 1 amide bonds. The highest BCUT2D eigenvalue weighted by Crippen LogP contribution is 2.29. The first-order valence-corrected chi connectivity index (χ1v) is 6.20. The van der Waals surface area contributed by atoms with Gasteiger partial charge in [-0.3, -0.25) is 10.2 Å². The Bertz CT molecular complexity index is 606. The van der Waals surface area contributed by atoms with Crippen LogP contribution in [0.2, 0.25) is 0 Å². The summed E-state index contributed by atoms with van der Waals surface area (Å²) in [6.07, 6.45) is 2.55. The van der Waals surface area contributed by atoms with Crippen LogP contribution in [0.1, 0.15) is 21.7 Å². The molecule has 0 atom stereocenters. The molecule has 0 spiro atoms. The summed E-state index contributed by atoms with van der Waals surface area (Å²) in [5, 5.41) is 0. The fourth-order valence-corrected chi connectivity index (χ4v) is 2.50. The van der Waals surface area contributed by atoms with Gasteiger partial charge in [-0.2, -0.15) is 0 Å². The molecule has 0 radical (unpaired) electrons. The zero-order valence-corrected chi connectivity index (χ0v) is 10.4. The number of nitrogens with one attached hydrogen (secondary N) is 1. The minimum absolute atomic E-state index is 0.284. The van der Waals surface area contributed by atoms with Crippen molar-refractivity contribution in [2.24, 2.45) is 5.84 Å². The number of amides is 1. The number of para-hydroxylation sites is 1.